The third kappa shape index (κ3) is 5.16. The van der Waals surface area contributed by atoms with Gasteiger partial charge in [0.15, 0.2) is 0 Å². The van der Waals surface area contributed by atoms with E-state index in [1.54, 1.807) is 7.11 Å². The first kappa shape index (κ1) is 24.3. The van der Waals surface area contributed by atoms with Gasteiger partial charge < -0.3 is 0 Å². The van der Waals surface area contributed by atoms with Crippen molar-refractivity contribution in [3.63, 3.8) is 0 Å². The van der Waals surface area contributed by atoms with Gasteiger partial charge in [0.25, 0.3) is 0 Å². The standard InChI is InChI=1S/C27H27GeO2PS2/c1-3-30-31(32,27-21-19-26(29-2)20-22-27)33-28(23-13-7-4-8-14-23,24-15-9-5-10-16-24)25-17-11-6-12-18-25/h4-22H,3H2,1-2H3. The Morgan fingerprint density at radius 3 is 1.48 bits per heavy atom. The molecule has 0 aromatic heterocycles. The summed E-state index contributed by atoms with van der Waals surface area (Å²) in [6.07, 6.45) is 0. The fraction of sp³-hybridized carbons (Fsp3) is 0.111. The quantitative estimate of drug-likeness (QED) is 0.214. The summed E-state index contributed by atoms with van der Waals surface area (Å²) in [5.41, 5.74) is -2.44. The van der Waals surface area contributed by atoms with Gasteiger partial charge in [-0.2, -0.15) is 0 Å². The summed E-state index contributed by atoms with van der Waals surface area (Å²) in [5, 5.41) is 1.07. The maximum absolute atomic E-state index is 6.50. The molecule has 0 N–H and O–H groups in total. The number of benzene rings is 4. The molecule has 0 radical (unpaired) electrons. The van der Waals surface area contributed by atoms with Crippen LogP contribution in [0.25, 0.3) is 0 Å². The second-order valence-corrected chi connectivity index (χ2v) is 26.9. The van der Waals surface area contributed by atoms with Crippen LogP contribution < -0.4 is 23.2 Å². The summed E-state index contributed by atoms with van der Waals surface area (Å²) in [4.78, 5) is 0. The topological polar surface area (TPSA) is 18.5 Å². The van der Waals surface area contributed by atoms with Crippen molar-refractivity contribution >= 4 is 57.6 Å². The summed E-state index contributed by atoms with van der Waals surface area (Å²) in [6.45, 7) is 2.61. The molecule has 168 valence electrons. The van der Waals surface area contributed by atoms with Crippen molar-refractivity contribution in [3.8, 4) is 5.75 Å². The average molecular weight is 551 g/mol. The van der Waals surface area contributed by atoms with Gasteiger partial charge in [-0.05, 0) is 0 Å². The molecule has 0 aliphatic carbocycles. The molecule has 0 aliphatic rings. The zero-order valence-electron chi connectivity index (χ0n) is 18.8. The summed E-state index contributed by atoms with van der Waals surface area (Å²) in [7, 11) is 3.62. The van der Waals surface area contributed by atoms with Crippen LogP contribution in [0.15, 0.2) is 115 Å². The Morgan fingerprint density at radius 2 is 1.12 bits per heavy atom. The van der Waals surface area contributed by atoms with E-state index in [9.17, 15) is 0 Å². The van der Waals surface area contributed by atoms with Gasteiger partial charge in [-0.25, -0.2) is 0 Å². The Bertz CT molecular complexity index is 1110. The average Bonchev–Trinajstić information content (AvgIpc) is 2.89. The molecular weight excluding hydrogens is 524 g/mol. The molecule has 6 heteroatoms. The molecule has 4 aromatic carbocycles. The normalized spacial score (nSPS) is 13.3. The third-order valence-electron chi connectivity index (χ3n) is 5.49. The zero-order chi connectivity index (χ0) is 23.2. The molecule has 1 atom stereocenters. The van der Waals surface area contributed by atoms with Crippen LogP contribution in [0.3, 0.4) is 0 Å². The summed E-state index contributed by atoms with van der Waals surface area (Å²) < 4.78 is 16.0. The van der Waals surface area contributed by atoms with Crippen molar-refractivity contribution < 1.29 is 9.26 Å². The van der Waals surface area contributed by atoms with Gasteiger partial charge in [0.2, 0.25) is 0 Å². The number of rotatable bonds is 9. The van der Waals surface area contributed by atoms with E-state index in [-0.39, 0.29) is 0 Å². The SMILES string of the molecule is CCOP(=S)([S][Ge]([c]1ccccc1)([c]1ccccc1)[c]1ccccc1)c1ccc(OC)cc1. The van der Waals surface area contributed by atoms with Gasteiger partial charge in [0.05, 0.1) is 0 Å². The van der Waals surface area contributed by atoms with Crippen molar-refractivity contribution in [3.05, 3.63) is 115 Å². The molecule has 0 fully saturated rings. The molecule has 1 unspecified atom stereocenters. The molecule has 0 saturated heterocycles. The van der Waals surface area contributed by atoms with Crippen LogP contribution in [-0.4, -0.2) is 25.8 Å². The predicted molar refractivity (Wildman–Crippen MR) is 150 cm³/mol. The molecule has 0 spiro atoms. The molecule has 0 amide bonds. The molecule has 0 aliphatic heterocycles. The Morgan fingerprint density at radius 1 is 0.697 bits per heavy atom. The van der Waals surface area contributed by atoms with Crippen LogP contribution in [0.5, 0.6) is 5.75 Å². The minimum absolute atomic E-state index is 0.576. The Kier molecular flexibility index (Phi) is 8.16. The van der Waals surface area contributed by atoms with Crippen molar-refractivity contribution in [1.82, 2.24) is 0 Å². The van der Waals surface area contributed by atoms with Crippen LogP contribution in [-0.2, 0) is 16.3 Å². The molecule has 0 saturated carbocycles. The fourth-order valence-electron chi connectivity index (χ4n) is 3.95. The van der Waals surface area contributed by atoms with Gasteiger partial charge in [0.1, 0.15) is 0 Å². The first-order chi connectivity index (χ1) is 16.1. The molecule has 2 nitrogen and oxygen atoms in total. The van der Waals surface area contributed by atoms with E-state index in [0.717, 1.165) is 11.1 Å². The molecular formula is C27H27GeO2PS2. The number of ether oxygens (including phenoxy) is 1. The molecule has 4 aromatic rings. The molecule has 4 rings (SSSR count). The van der Waals surface area contributed by atoms with Crippen molar-refractivity contribution in [2.24, 2.45) is 0 Å². The van der Waals surface area contributed by atoms with E-state index in [4.69, 9.17) is 21.1 Å². The second kappa shape index (κ2) is 11.1. The van der Waals surface area contributed by atoms with E-state index in [1.807, 2.05) is 28.8 Å². The van der Waals surface area contributed by atoms with E-state index in [0.29, 0.717) is 6.61 Å². The first-order valence-corrected chi connectivity index (χ1v) is 20.7. The number of hydrogen-bond acceptors (Lipinski definition) is 4. The summed E-state index contributed by atoms with van der Waals surface area (Å²) >= 11 is 3.14. The second-order valence-electron chi connectivity index (χ2n) is 7.48. The number of hydrogen-bond donors (Lipinski definition) is 0. The maximum atomic E-state index is 6.50. The summed E-state index contributed by atoms with van der Waals surface area (Å²) in [6, 6.07) is 40.8. The third-order valence-corrected chi connectivity index (χ3v) is 35.1. The van der Waals surface area contributed by atoms with Gasteiger partial charge in [0, 0.05) is 0 Å². The van der Waals surface area contributed by atoms with E-state index in [1.165, 1.54) is 13.2 Å². The van der Waals surface area contributed by atoms with Gasteiger partial charge in [-0.1, -0.05) is 0 Å². The van der Waals surface area contributed by atoms with Crippen LogP contribution in [0.2, 0.25) is 0 Å². The molecule has 0 heterocycles. The van der Waals surface area contributed by atoms with Crippen molar-refractivity contribution in [2.45, 2.75) is 6.92 Å². The van der Waals surface area contributed by atoms with Crippen LogP contribution in [0.4, 0.5) is 0 Å². The monoisotopic (exact) mass is 552 g/mol. The van der Waals surface area contributed by atoms with Crippen LogP contribution >= 0.6 is 15.2 Å². The van der Waals surface area contributed by atoms with Crippen LogP contribution in [0, 0.1) is 0 Å². The minimum atomic E-state index is -3.32. The number of methoxy groups -OCH3 is 1. The van der Waals surface area contributed by atoms with E-state index < -0.39 is 17.6 Å². The van der Waals surface area contributed by atoms with Gasteiger partial charge in [-0.15, -0.1) is 0 Å². The van der Waals surface area contributed by atoms with Crippen molar-refractivity contribution in [1.29, 1.82) is 0 Å². The Labute approximate surface area is 207 Å². The van der Waals surface area contributed by atoms with E-state index >= 15 is 0 Å². The van der Waals surface area contributed by atoms with E-state index in [2.05, 4.69) is 103 Å². The summed E-state index contributed by atoms with van der Waals surface area (Å²) in [5.74, 6) is 0.823. The van der Waals surface area contributed by atoms with Crippen LogP contribution in [0.1, 0.15) is 6.92 Å². The zero-order valence-corrected chi connectivity index (χ0v) is 23.4. The fourth-order valence-corrected chi connectivity index (χ4v) is 39.0. The van der Waals surface area contributed by atoms with Gasteiger partial charge in [-0.3, -0.25) is 0 Å². The van der Waals surface area contributed by atoms with Crippen molar-refractivity contribution in [2.75, 3.05) is 13.7 Å². The molecule has 0 bridgehead atoms. The Hall–Kier alpha value is -1.82. The Balaban J connectivity index is 1.98. The molecule has 33 heavy (non-hydrogen) atoms. The predicted octanol–water partition coefficient (Wildman–Crippen LogP) is 5.07. The van der Waals surface area contributed by atoms with Gasteiger partial charge >= 0.3 is 209 Å². The first-order valence-electron chi connectivity index (χ1n) is 10.9.